The average Bonchev–Trinajstić information content (AvgIpc) is 2.55. The maximum Gasteiger partial charge on any atom is 0.338 e. The summed E-state index contributed by atoms with van der Waals surface area (Å²) in [5, 5.41) is 53.2. The van der Waals surface area contributed by atoms with Crippen LogP contribution in [-0.2, 0) is 28.7 Å². The fraction of sp³-hybridized carbons (Fsp3) is 0.692. The number of esters is 2. The van der Waals surface area contributed by atoms with Crippen LogP contribution in [0.1, 0.15) is 19.8 Å². The van der Waals surface area contributed by atoms with Crippen LogP contribution in [-0.4, -0.2) is 91.6 Å². The van der Waals surface area contributed by atoms with Crippen LogP contribution in [0.15, 0.2) is 0 Å². The Morgan fingerprint density at radius 1 is 0.800 bits per heavy atom. The molecule has 0 aliphatic carbocycles. The summed E-state index contributed by atoms with van der Waals surface area (Å²) in [5.41, 5.74) is 0. The molecule has 0 radical (unpaired) electrons. The van der Waals surface area contributed by atoms with E-state index in [1.807, 2.05) is 0 Å². The highest BCUT2D eigenvalue weighted by molar-refractivity contribution is 5.84. The van der Waals surface area contributed by atoms with Crippen molar-refractivity contribution in [2.45, 2.75) is 50.3 Å². The van der Waals surface area contributed by atoms with Crippen LogP contribution in [0.2, 0.25) is 0 Å². The number of aliphatic carboxylic acids is 2. The van der Waals surface area contributed by atoms with Gasteiger partial charge in [0, 0.05) is 0 Å². The van der Waals surface area contributed by atoms with Crippen molar-refractivity contribution in [3.8, 4) is 0 Å². The van der Waals surface area contributed by atoms with E-state index in [1.165, 1.54) is 6.92 Å². The summed E-state index contributed by atoms with van der Waals surface area (Å²) >= 11 is 0. The lowest BCUT2D eigenvalue weighted by atomic mass is 10.2. The van der Waals surface area contributed by atoms with Crippen molar-refractivity contribution in [2.75, 3.05) is 6.61 Å². The predicted octanol–water partition coefficient (Wildman–Crippen LogP) is -3.15. The smallest absolute Gasteiger partial charge is 0.338 e. The molecule has 0 saturated heterocycles. The molecule has 0 fully saturated rings. The van der Waals surface area contributed by atoms with Gasteiger partial charge in [0.15, 0.2) is 24.4 Å². The molecule has 0 amide bonds. The zero-order valence-corrected chi connectivity index (χ0v) is 13.1. The first-order valence-electron chi connectivity index (χ1n) is 7.04. The number of hydrogen-bond donors (Lipinski definition) is 6. The Kier molecular flexibility index (Phi) is 9.59. The third-order valence-electron chi connectivity index (χ3n) is 2.90. The quantitative estimate of drug-likeness (QED) is 0.158. The fourth-order valence-corrected chi connectivity index (χ4v) is 1.48. The average molecular weight is 368 g/mol. The van der Waals surface area contributed by atoms with Crippen LogP contribution in [0, 0.1) is 0 Å². The maximum atomic E-state index is 11.4. The number of ether oxygens (including phenoxy) is 2. The Morgan fingerprint density at radius 2 is 1.24 bits per heavy atom. The number of aliphatic hydroxyl groups is 4. The van der Waals surface area contributed by atoms with Crippen molar-refractivity contribution in [1.82, 2.24) is 0 Å². The standard InChI is InChI=1S/C13H20O12/c1-5(25-13(23)9(17)7(15)11(20)21)3-2-4-24-12(22)8(16)6(14)10(18)19/h5-9,14-17H,2-4H2,1H3,(H,18,19)(H,20,21). The molecular weight excluding hydrogens is 348 g/mol. The topological polar surface area (TPSA) is 208 Å². The molecule has 0 spiro atoms. The van der Waals surface area contributed by atoms with Gasteiger partial charge in [-0.15, -0.1) is 0 Å². The molecule has 12 heteroatoms. The van der Waals surface area contributed by atoms with Crippen LogP contribution in [0.5, 0.6) is 0 Å². The Morgan fingerprint density at radius 3 is 1.68 bits per heavy atom. The van der Waals surface area contributed by atoms with Crippen molar-refractivity contribution < 1.29 is 59.3 Å². The zero-order valence-electron chi connectivity index (χ0n) is 13.1. The van der Waals surface area contributed by atoms with E-state index < -0.39 is 54.4 Å². The van der Waals surface area contributed by atoms with Gasteiger partial charge in [0.05, 0.1) is 12.7 Å². The molecule has 0 aromatic rings. The molecule has 0 bridgehead atoms. The van der Waals surface area contributed by atoms with Crippen LogP contribution in [0.4, 0.5) is 0 Å². The summed E-state index contributed by atoms with van der Waals surface area (Å²) in [6, 6.07) is 0. The molecular formula is C13H20O12. The molecule has 0 heterocycles. The van der Waals surface area contributed by atoms with Crippen LogP contribution in [0.3, 0.4) is 0 Å². The molecule has 0 aromatic carbocycles. The molecule has 144 valence electrons. The van der Waals surface area contributed by atoms with Crippen molar-refractivity contribution in [3.63, 3.8) is 0 Å². The van der Waals surface area contributed by atoms with Gasteiger partial charge in [-0.05, 0) is 19.8 Å². The highest BCUT2D eigenvalue weighted by Crippen LogP contribution is 2.07. The van der Waals surface area contributed by atoms with Gasteiger partial charge < -0.3 is 40.1 Å². The first-order valence-corrected chi connectivity index (χ1v) is 7.04. The second-order valence-corrected chi connectivity index (χ2v) is 5.01. The summed E-state index contributed by atoms with van der Waals surface area (Å²) in [7, 11) is 0. The van der Waals surface area contributed by atoms with E-state index in [9.17, 15) is 24.3 Å². The molecule has 5 unspecified atom stereocenters. The second kappa shape index (κ2) is 10.6. The van der Waals surface area contributed by atoms with Crippen LogP contribution < -0.4 is 0 Å². The minimum Gasteiger partial charge on any atom is -0.479 e. The lowest BCUT2D eigenvalue weighted by molar-refractivity contribution is -0.173. The molecule has 0 saturated carbocycles. The normalized spacial score (nSPS) is 16.8. The Balaban J connectivity index is 4.14. The molecule has 0 aliphatic rings. The number of carboxylic acids is 2. The second-order valence-electron chi connectivity index (χ2n) is 5.01. The number of aliphatic hydroxyl groups excluding tert-OH is 4. The molecule has 12 nitrogen and oxygen atoms in total. The first-order chi connectivity index (χ1) is 11.5. The number of carboxylic acid groups (broad SMARTS) is 2. The zero-order chi connectivity index (χ0) is 19.7. The van der Waals surface area contributed by atoms with E-state index in [-0.39, 0.29) is 19.4 Å². The van der Waals surface area contributed by atoms with E-state index in [0.717, 1.165) is 0 Å². The molecule has 0 aliphatic heterocycles. The van der Waals surface area contributed by atoms with E-state index in [1.54, 1.807) is 0 Å². The fourth-order valence-electron chi connectivity index (χ4n) is 1.48. The van der Waals surface area contributed by atoms with E-state index in [2.05, 4.69) is 9.47 Å². The largest absolute Gasteiger partial charge is 0.479 e. The van der Waals surface area contributed by atoms with Crippen LogP contribution in [0.25, 0.3) is 0 Å². The lowest BCUT2D eigenvalue weighted by Gasteiger charge is -2.18. The van der Waals surface area contributed by atoms with Gasteiger partial charge in [0.1, 0.15) is 0 Å². The van der Waals surface area contributed by atoms with Crippen molar-refractivity contribution >= 4 is 23.9 Å². The molecule has 0 aromatic heterocycles. The Labute approximate surface area is 141 Å². The van der Waals surface area contributed by atoms with Crippen molar-refractivity contribution in [1.29, 1.82) is 0 Å². The minimum absolute atomic E-state index is 0.104. The maximum absolute atomic E-state index is 11.4. The SMILES string of the molecule is CC(CCCOC(=O)C(O)C(O)C(=O)O)OC(=O)C(O)C(O)C(=O)O. The van der Waals surface area contributed by atoms with Gasteiger partial charge in [-0.3, -0.25) is 0 Å². The summed E-state index contributed by atoms with van der Waals surface area (Å²) in [4.78, 5) is 43.4. The Bertz CT molecular complexity index is 489. The predicted molar refractivity (Wildman–Crippen MR) is 75.0 cm³/mol. The first kappa shape index (κ1) is 22.7. The number of hydrogen-bond acceptors (Lipinski definition) is 10. The number of carbonyl (C=O) groups is 4. The minimum atomic E-state index is -2.33. The number of rotatable bonds is 11. The van der Waals surface area contributed by atoms with Gasteiger partial charge in [0.25, 0.3) is 0 Å². The van der Waals surface area contributed by atoms with Gasteiger partial charge in [0.2, 0.25) is 0 Å². The molecule has 25 heavy (non-hydrogen) atoms. The van der Waals surface area contributed by atoms with E-state index in [0.29, 0.717) is 0 Å². The summed E-state index contributed by atoms with van der Waals surface area (Å²) in [6.07, 6.45) is -9.78. The third kappa shape index (κ3) is 7.89. The van der Waals surface area contributed by atoms with Crippen LogP contribution >= 0.6 is 0 Å². The lowest BCUT2D eigenvalue weighted by Crippen LogP contribution is -2.41. The van der Waals surface area contributed by atoms with Gasteiger partial charge in [-0.2, -0.15) is 0 Å². The summed E-state index contributed by atoms with van der Waals surface area (Å²) < 4.78 is 9.22. The van der Waals surface area contributed by atoms with E-state index >= 15 is 0 Å². The number of carbonyl (C=O) groups excluding carboxylic acids is 2. The highest BCUT2D eigenvalue weighted by atomic mass is 16.6. The molecule has 0 rings (SSSR count). The van der Waals surface area contributed by atoms with Gasteiger partial charge in [-0.25, -0.2) is 19.2 Å². The summed E-state index contributed by atoms with van der Waals surface area (Å²) in [6.45, 7) is 1.10. The third-order valence-corrected chi connectivity index (χ3v) is 2.90. The van der Waals surface area contributed by atoms with Crippen molar-refractivity contribution in [2.24, 2.45) is 0 Å². The van der Waals surface area contributed by atoms with Gasteiger partial charge in [-0.1, -0.05) is 0 Å². The van der Waals surface area contributed by atoms with Crippen molar-refractivity contribution in [3.05, 3.63) is 0 Å². The molecule has 6 N–H and O–H groups in total. The highest BCUT2D eigenvalue weighted by Gasteiger charge is 2.33. The Hall–Kier alpha value is -2.28. The molecule has 5 atom stereocenters. The summed E-state index contributed by atoms with van der Waals surface area (Å²) in [5.74, 6) is -6.29. The van der Waals surface area contributed by atoms with Gasteiger partial charge >= 0.3 is 23.9 Å². The monoisotopic (exact) mass is 368 g/mol. The van der Waals surface area contributed by atoms with E-state index in [4.69, 9.17) is 25.5 Å².